The third kappa shape index (κ3) is 51.0. The van der Waals surface area contributed by atoms with Gasteiger partial charge in [-0.25, -0.2) is 0 Å². The molecule has 6 heteroatoms. The van der Waals surface area contributed by atoms with Crippen molar-refractivity contribution < 1.29 is 28.6 Å². The maximum atomic E-state index is 12.8. The second-order valence-electron chi connectivity index (χ2n) is 19.2. The Bertz CT molecular complexity index is 978. The summed E-state index contributed by atoms with van der Waals surface area (Å²) in [6.07, 6.45) is 59.3. The third-order valence-corrected chi connectivity index (χ3v) is 12.8. The summed E-state index contributed by atoms with van der Waals surface area (Å²) in [5, 5.41) is 0. The van der Waals surface area contributed by atoms with E-state index >= 15 is 0 Å². The highest BCUT2D eigenvalue weighted by Crippen LogP contribution is 2.17. The molecule has 0 aliphatic carbocycles. The highest BCUT2D eigenvalue weighted by molar-refractivity contribution is 5.71. The second kappa shape index (κ2) is 52.8. The predicted molar refractivity (Wildman–Crippen MR) is 270 cm³/mol. The van der Waals surface area contributed by atoms with Crippen LogP contribution < -0.4 is 0 Å². The highest BCUT2D eigenvalue weighted by Gasteiger charge is 2.19. The normalized spacial score (nSPS) is 12.0. The quantitative estimate of drug-likeness (QED) is 0.0262. The van der Waals surface area contributed by atoms with Crippen molar-refractivity contribution in [2.24, 2.45) is 0 Å². The topological polar surface area (TPSA) is 78.9 Å². The Morgan fingerprint density at radius 1 is 0.302 bits per heavy atom. The van der Waals surface area contributed by atoms with Gasteiger partial charge >= 0.3 is 17.9 Å². The summed E-state index contributed by atoms with van der Waals surface area (Å²) in [6, 6.07) is 0. The number of hydrogen-bond acceptors (Lipinski definition) is 6. The molecule has 0 saturated carbocycles. The average molecular weight is 889 g/mol. The van der Waals surface area contributed by atoms with Gasteiger partial charge in [-0.15, -0.1) is 0 Å². The second-order valence-corrected chi connectivity index (χ2v) is 19.2. The summed E-state index contributed by atoms with van der Waals surface area (Å²) in [5.41, 5.74) is 0. The first-order chi connectivity index (χ1) is 31.0. The molecular weight excluding hydrogens is 781 g/mol. The van der Waals surface area contributed by atoms with Gasteiger partial charge in [-0.2, -0.15) is 0 Å². The molecule has 0 heterocycles. The Kier molecular flexibility index (Phi) is 51.2. The number of hydrogen-bond donors (Lipinski definition) is 0. The van der Waals surface area contributed by atoms with Crippen molar-refractivity contribution in [3.8, 4) is 0 Å². The zero-order valence-corrected chi connectivity index (χ0v) is 42.6. The van der Waals surface area contributed by atoms with Gasteiger partial charge in [0.05, 0.1) is 0 Å². The molecule has 0 bridgehead atoms. The standard InChI is InChI=1S/C57H108O6/c1-4-7-10-13-16-19-22-24-25-26-27-28-29-30-31-32-33-36-38-41-44-47-50-56(59)62-53-54(52-61-55(58)49-46-43-40-37-34-21-18-15-12-9-6-3)63-57(60)51-48-45-42-39-35-23-20-17-14-11-8-5-2/h15,18,54H,4-14,16-17,19-53H2,1-3H3/b18-15-. The van der Waals surface area contributed by atoms with Gasteiger partial charge in [0.25, 0.3) is 0 Å². The van der Waals surface area contributed by atoms with E-state index in [9.17, 15) is 14.4 Å². The number of esters is 3. The van der Waals surface area contributed by atoms with Crippen LogP contribution in [0.4, 0.5) is 0 Å². The molecule has 0 aromatic rings. The number of carbonyl (C=O) groups excluding carboxylic acids is 3. The summed E-state index contributed by atoms with van der Waals surface area (Å²) >= 11 is 0. The van der Waals surface area contributed by atoms with Gasteiger partial charge in [0, 0.05) is 19.3 Å². The van der Waals surface area contributed by atoms with Crippen molar-refractivity contribution in [3.63, 3.8) is 0 Å². The van der Waals surface area contributed by atoms with E-state index < -0.39 is 6.10 Å². The van der Waals surface area contributed by atoms with Crippen LogP contribution in [0.1, 0.15) is 316 Å². The van der Waals surface area contributed by atoms with E-state index in [4.69, 9.17) is 14.2 Å². The molecule has 0 amide bonds. The Balaban J connectivity index is 4.18. The molecule has 0 spiro atoms. The Morgan fingerprint density at radius 3 is 0.841 bits per heavy atom. The van der Waals surface area contributed by atoms with E-state index in [1.54, 1.807) is 0 Å². The number of allylic oxidation sites excluding steroid dienone is 2. The fraction of sp³-hybridized carbons (Fsp3) is 0.912. The molecule has 0 fully saturated rings. The van der Waals surface area contributed by atoms with Crippen LogP contribution in [0.2, 0.25) is 0 Å². The Hall–Kier alpha value is -1.85. The van der Waals surface area contributed by atoms with E-state index in [0.29, 0.717) is 19.3 Å². The first kappa shape index (κ1) is 61.1. The molecule has 0 rings (SSSR count). The molecule has 0 aliphatic rings. The summed E-state index contributed by atoms with van der Waals surface area (Å²) in [5.74, 6) is -0.857. The fourth-order valence-electron chi connectivity index (χ4n) is 8.49. The minimum absolute atomic E-state index is 0.0670. The predicted octanol–water partition coefficient (Wildman–Crippen LogP) is 18.5. The van der Waals surface area contributed by atoms with Crippen molar-refractivity contribution >= 4 is 17.9 Å². The number of rotatable bonds is 52. The number of carbonyl (C=O) groups is 3. The molecule has 0 N–H and O–H groups in total. The first-order valence-electron chi connectivity index (χ1n) is 28.2. The molecule has 0 aromatic heterocycles. The lowest BCUT2D eigenvalue weighted by molar-refractivity contribution is -0.167. The lowest BCUT2D eigenvalue weighted by atomic mass is 10.0. The highest BCUT2D eigenvalue weighted by atomic mass is 16.6. The monoisotopic (exact) mass is 889 g/mol. The van der Waals surface area contributed by atoms with E-state index in [2.05, 4.69) is 32.9 Å². The molecule has 372 valence electrons. The lowest BCUT2D eigenvalue weighted by Crippen LogP contribution is -2.30. The summed E-state index contributed by atoms with van der Waals surface area (Å²) in [7, 11) is 0. The Labute approximate surface area is 392 Å². The van der Waals surface area contributed by atoms with E-state index in [-0.39, 0.29) is 31.1 Å². The van der Waals surface area contributed by atoms with Crippen molar-refractivity contribution in [3.05, 3.63) is 12.2 Å². The third-order valence-electron chi connectivity index (χ3n) is 12.8. The molecule has 1 atom stereocenters. The van der Waals surface area contributed by atoms with E-state index in [1.165, 1.54) is 212 Å². The summed E-state index contributed by atoms with van der Waals surface area (Å²) in [4.78, 5) is 38.0. The van der Waals surface area contributed by atoms with Crippen LogP contribution in [0, 0.1) is 0 Å². The van der Waals surface area contributed by atoms with E-state index in [0.717, 1.165) is 64.2 Å². The van der Waals surface area contributed by atoms with Crippen LogP contribution in [-0.2, 0) is 28.6 Å². The van der Waals surface area contributed by atoms with Gasteiger partial charge in [-0.3, -0.25) is 14.4 Å². The minimum Gasteiger partial charge on any atom is -0.462 e. The number of ether oxygens (including phenoxy) is 3. The zero-order chi connectivity index (χ0) is 45.8. The average Bonchev–Trinajstić information content (AvgIpc) is 3.28. The fourth-order valence-corrected chi connectivity index (χ4v) is 8.49. The summed E-state index contributed by atoms with van der Waals surface area (Å²) < 4.78 is 16.8. The van der Waals surface area contributed by atoms with Gasteiger partial charge in [0.2, 0.25) is 0 Å². The van der Waals surface area contributed by atoms with Crippen molar-refractivity contribution in [2.75, 3.05) is 13.2 Å². The van der Waals surface area contributed by atoms with Crippen LogP contribution in [0.15, 0.2) is 12.2 Å². The maximum absolute atomic E-state index is 12.8. The van der Waals surface area contributed by atoms with Crippen molar-refractivity contribution in [1.29, 1.82) is 0 Å². The Morgan fingerprint density at radius 2 is 0.540 bits per heavy atom. The largest absolute Gasteiger partial charge is 0.462 e. The minimum atomic E-state index is -0.766. The van der Waals surface area contributed by atoms with Gasteiger partial charge in [-0.1, -0.05) is 270 Å². The smallest absolute Gasteiger partial charge is 0.306 e. The zero-order valence-electron chi connectivity index (χ0n) is 42.6. The van der Waals surface area contributed by atoms with Crippen LogP contribution in [0.3, 0.4) is 0 Å². The van der Waals surface area contributed by atoms with Crippen LogP contribution in [0.25, 0.3) is 0 Å². The molecule has 6 nitrogen and oxygen atoms in total. The first-order valence-corrected chi connectivity index (χ1v) is 28.2. The SMILES string of the molecule is CCCC/C=C\CCCCCCCC(=O)OCC(COC(=O)CCCCCCCCCCCCCCCCCCCCCCCC)OC(=O)CCCCCCCCCCCCCC. The summed E-state index contributed by atoms with van der Waals surface area (Å²) in [6.45, 7) is 6.64. The molecular formula is C57H108O6. The van der Waals surface area contributed by atoms with Gasteiger partial charge in [-0.05, 0) is 38.5 Å². The molecule has 1 unspecified atom stereocenters. The van der Waals surface area contributed by atoms with Gasteiger partial charge < -0.3 is 14.2 Å². The van der Waals surface area contributed by atoms with Crippen molar-refractivity contribution in [1.82, 2.24) is 0 Å². The van der Waals surface area contributed by atoms with Crippen LogP contribution in [0.5, 0.6) is 0 Å². The lowest BCUT2D eigenvalue weighted by Gasteiger charge is -2.18. The molecule has 63 heavy (non-hydrogen) atoms. The van der Waals surface area contributed by atoms with E-state index in [1.807, 2.05) is 0 Å². The van der Waals surface area contributed by atoms with Crippen LogP contribution >= 0.6 is 0 Å². The van der Waals surface area contributed by atoms with Gasteiger partial charge in [0.15, 0.2) is 6.10 Å². The molecule has 0 radical (unpaired) electrons. The van der Waals surface area contributed by atoms with Gasteiger partial charge in [0.1, 0.15) is 13.2 Å². The van der Waals surface area contributed by atoms with Crippen LogP contribution in [-0.4, -0.2) is 37.2 Å². The maximum Gasteiger partial charge on any atom is 0.306 e. The van der Waals surface area contributed by atoms with Crippen molar-refractivity contribution in [2.45, 2.75) is 322 Å². The molecule has 0 aliphatic heterocycles. The number of unbranched alkanes of at least 4 members (excludes halogenated alkanes) is 39. The molecule has 0 aromatic carbocycles. The molecule has 0 saturated heterocycles.